The van der Waals surface area contributed by atoms with Crippen LogP contribution in [0, 0.1) is 6.92 Å². The van der Waals surface area contributed by atoms with Crippen molar-refractivity contribution in [2.24, 2.45) is 15.0 Å². The molecule has 0 aromatic carbocycles. The summed E-state index contributed by atoms with van der Waals surface area (Å²) >= 11 is 0. The van der Waals surface area contributed by atoms with Gasteiger partial charge >= 0.3 is 0 Å². The second kappa shape index (κ2) is 12.4. The zero-order valence-corrected chi connectivity index (χ0v) is 25.8. The van der Waals surface area contributed by atoms with Crippen LogP contribution in [-0.4, -0.2) is 33.5 Å². The fourth-order valence-electron chi connectivity index (χ4n) is 6.12. The largest absolute Gasteiger partial charge is 0.515 e. The van der Waals surface area contributed by atoms with Crippen molar-refractivity contribution >= 4 is 41.8 Å². The Balaban J connectivity index is 1.78. The second-order valence-corrected chi connectivity index (χ2v) is 11.6. The van der Waals surface area contributed by atoms with Crippen molar-refractivity contribution in [3.8, 4) is 0 Å². The summed E-state index contributed by atoms with van der Waals surface area (Å²) < 4.78 is 0. The lowest BCUT2D eigenvalue weighted by Gasteiger charge is -2.06. The molecule has 0 unspecified atom stereocenters. The number of fused-ring (bicyclic) bond motifs is 5. The maximum atomic E-state index is 12.3. The zero-order valence-electron chi connectivity index (χ0n) is 25.8. The number of allylic oxidation sites excluding steroid dienone is 8. The number of rotatable bonds is 9. The Labute approximate surface area is 248 Å². The number of aliphatic hydroxyl groups excluding tert-OH is 1. The summed E-state index contributed by atoms with van der Waals surface area (Å²) in [6, 6.07) is 0. The molecule has 0 spiro atoms. The summed E-state index contributed by atoms with van der Waals surface area (Å²) in [6.07, 6.45) is 18.8. The molecule has 0 saturated heterocycles. The Bertz CT molecular complexity index is 1740. The van der Waals surface area contributed by atoms with Crippen molar-refractivity contribution in [1.29, 1.82) is 0 Å². The maximum Gasteiger partial charge on any atom is 0.152 e. The minimum Gasteiger partial charge on any atom is -0.515 e. The predicted molar refractivity (Wildman–Crippen MR) is 175 cm³/mol. The molecule has 6 heteroatoms. The molecule has 0 atom stereocenters. The molecular weight excluding hydrogens is 520 g/mol. The number of nitrogens with zero attached hydrogens (tertiary/aromatic N) is 3. The highest BCUT2D eigenvalue weighted by Gasteiger charge is 2.26. The Morgan fingerprint density at radius 1 is 0.714 bits per heavy atom. The minimum atomic E-state index is 0.598. The summed E-state index contributed by atoms with van der Waals surface area (Å²) in [4.78, 5) is 31.0. The second-order valence-electron chi connectivity index (χ2n) is 11.6. The number of aromatic nitrogens is 1. The molecule has 1 aromatic heterocycles. The molecule has 5 heterocycles. The van der Waals surface area contributed by atoms with Crippen molar-refractivity contribution in [2.45, 2.75) is 92.9 Å². The van der Waals surface area contributed by atoms with Crippen LogP contribution in [-0.2, 0) is 4.79 Å². The quantitative estimate of drug-likeness (QED) is 0.246. The van der Waals surface area contributed by atoms with Gasteiger partial charge in [0.2, 0.25) is 0 Å². The Morgan fingerprint density at radius 2 is 1.24 bits per heavy atom. The van der Waals surface area contributed by atoms with E-state index in [0.717, 1.165) is 125 Å². The third-order valence-corrected chi connectivity index (χ3v) is 8.86. The molecule has 4 aliphatic rings. The van der Waals surface area contributed by atoms with Crippen LogP contribution in [0.15, 0.2) is 77.7 Å². The Kier molecular flexibility index (Phi) is 8.72. The van der Waals surface area contributed by atoms with Crippen LogP contribution >= 0.6 is 0 Å². The van der Waals surface area contributed by atoms with E-state index in [9.17, 15) is 9.90 Å². The van der Waals surface area contributed by atoms with Crippen molar-refractivity contribution in [3.63, 3.8) is 0 Å². The van der Waals surface area contributed by atoms with Crippen LogP contribution in [0.3, 0.4) is 0 Å². The zero-order chi connectivity index (χ0) is 30.0. The van der Waals surface area contributed by atoms with E-state index in [1.165, 1.54) is 17.4 Å². The van der Waals surface area contributed by atoms with Crippen LogP contribution in [0.2, 0.25) is 0 Å². The number of aldehydes is 1. The number of hydrogen-bond donors (Lipinski definition) is 2. The van der Waals surface area contributed by atoms with Gasteiger partial charge in [0.1, 0.15) is 0 Å². The molecule has 6 nitrogen and oxygen atoms in total. The van der Waals surface area contributed by atoms with Gasteiger partial charge in [0.25, 0.3) is 0 Å². The van der Waals surface area contributed by atoms with Gasteiger partial charge in [0.05, 0.1) is 45.8 Å². The molecule has 4 aliphatic heterocycles. The van der Waals surface area contributed by atoms with Crippen molar-refractivity contribution in [1.82, 2.24) is 4.98 Å². The molecule has 0 radical (unpaired) electrons. The van der Waals surface area contributed by atoms with Crippen molar-refractivity contribution in [3.05, 3.63) is 84.5 Å². The smallest absolute Gasteiger partial charge is 0.152 e. The van der Waals surface area contributed by atoms with Gasteiger partial charge in [0, 0.05) is 16.5 Å². The Morgan fingerprint density at radius 3 is 1.81 bits per heavy atom. The number of aliphatic hydroxyl groups is 1. The first-order chi connectivity index (χ1) is 20.3. The van der Waals surface area contributed by atoms with Gasteiger partial charge in [-0.2, -0.15) is 0 Å². The highest BCUT2D eigenvalue weighted by Crippen LogP contribution is 2.35. The average Bonchev–Trinajstić information content (AvgIpc) is 3.63. The van der Waals surface area contributed by atoms with Crippen LogP contribution in [0.4, 0.5) is 0 Å². The normalized spacial score (nSPS) is 18.7. The monoisotopic (exact) mass is 562 g/mol. The molecule has 218 valence electrons. The fraction of sp³-hybridized carbons (Fsp3) is 0.389. The van der Waals surface area contributed by atoms with E-state index >= 15 is 0 Å². The van der Waals surface area contributed by atoms with E-state index in [1.807, 2.05) is 32.1 Å². The predicted octanol–water partition coefficient (Wildman–Crippen LogP) is 7.19. The lowest BCUT2D eigenvalue weighted by Crippen LogP contribution is -2.25. The number of H-pyrrole nitrogens is 1. The SMILES string of the molecule is CCCCCC1=C(C)C2=NC1=Cc1[nH]c(/c(=C/O)c1C)=CC1=NC(=CC3=NC(=C2)C(C=O)=C3C)C(CCCCC)=C1C. The summed E-state index contributed by atoms with van der Waals surface area (Å²) in [5.74, 6) is 0. The molecule has 5 rings (SSSR count). The number of hydrogen-bond acceptors (Lipinski definition) is 5. The fourth-order valence-corrected chi connectivity index (χ4v) is 6.12. The average molecular weight is 563 g/mol. The van der Waals surface area contributed by atoms with Gasteiger partial charge in [0.15, 0.2) is 6.29 Å². The summed E-state index contributed by atoms with van der Waals surface area (Å²) in [5.41, 5.74) is 12.9. The maximum absolute atomic E-state index is 12.3. The van der Waals surface area contributed by atoms with Gasteiger partial charge in [-0.05, 0) is 111 Å². The summed E-state index contributed by atoms with van der Waals surface area (Å²) in [6.45, 7) is 12.6. The highest BCUT2D eigenvalue weighted by atomic mass is 16.2. The van der Waals surface area contributed by atoms with Gasteiger partial charge in [-0.25, -0.2) is 15.0 Å². The third-order valence-electron chi connectivity index (χ3n) is 8.86. The molecule has 2 N–H and O–H groups in total. The Hall–Kier alpha value is -4.06. The first kappa shape index (κ1) is 29.4. The van der Waals surface area contributed by atoms with E-state index in [0.29, 0.717) is 11.3 Å². The summed E-state index contributed by atoms with van der Waals surface area (Å²) in [7, 11) is 0. The lowest BCUT2D eigenvalue weighted by molar-refractivity contribution is -0.104. The molecule has 42 heavy (non-hydrogen) atoms. The molecule has 0 aliphatic carbocycles. The number of aromatic amines is 1. The molecular formula is C36H42N4O2. The van der Waals surface area contributed by atoms with Crippen LogP contribution in [0.25, 0.3) is 18.4 Å². The standard InChI is InChI=1S/C36H42N4O2/c1-7-9-11-13-25-21(3)29-17-35-28(20-42)24(6)32(40-35)16-34-26(14-12-10-8-2)22(4)30(38-34)18-36-27(19-41)23(5)31(39-36)15-33(25)37-29/h15-20,39,41H,7-14H2,1-6H3/b27-19+,33-15?,34-16?,35-17?,36-18?. The highest BCUT2D eigenvalue weighted by molar-refractivity contribution is 6.24. The van der Waals surface area contributed by atoms with Crippen LogP contribution in [0.5, 0.6) is 0 Å². The number of aliphatic imine (C=N–C) groups is 3. The topological polar surface area (TPSA) is 90.2 Å². The molecule has 0 amide bonds. The third kappa shape index (κ3) is 5.42. The molecule has 0 fully saturated rings. The van der Waals surface area contributed by atoms with Crippen LogP contribution in [0.1, 0.15) is 97.2 Å². The first-order valence-electron chi connectivity index (χ1n) is 15.3. The minimum absolute atomic E-state index is 0.598. The number of nitrogens with one attached hydrogen (secondary N) is 1. The molecule has 0 saturated carbocycles. The number of carbonyl (C=O) groups excluding carboxylic acids is 1. The molecule has 1 aromatic rings. The van der Waals surface area contributed by atoms with E-state index in [4.69, 9.17) is 15.0 Å². The van der Waals surface area contributed by atoms with Crippen molar-refractivity contribution < 1.29 is 9.90 Å². The first-order valence-corrected chi connectivity index (χ1v) is 15.3. The van der Waals surface area contributed by atoms with E-state index < -0.39 is 0 Å². The lowest BCUT2D eigenvalue weighted by atomic mass is 9.97. The number of unbranched alkanes of at least 4 members (excludes halogenated alkanes) is 4. The molecule has 8 bridgehead atoms. The van der Waals surface area contributed by atoms with Gasteiger partial charge < -0.3 is 10.1 Å². The van der Waals surface area contributed by atoms with E-state index in [-0.39, 0.29) is 0 Å². The van der Waals surface area contributed by atoms with E-state index in [1.54, 1.807) is 0 Å². The summed E-state index contributed by atoms with van der Waals surface area (Å²) in [5, 5.41) is 11.8. The van der Waals surface area contributed by atoms with Gasteiger partial charge in [-0.15, -0.1) is 0 Å². The number of carbonyl (C=O) groups is 1. The van der Waals surface area contributed by atoms with E-state index in [2.05, 4.69) is 38.8 Å². The van der Waals surface area contributed by atoms with Crippen molar-refractivity contribution in [2.75, 3.05) is 0 Å². The van der Waals surface area contributed by atoms with Crippen LogP contribution < -0.4 is 10.6 Å². The van der Waals surface area contributed by atoms with Gasteiger partial charge in [-0.1, -0.05) is 39.5 Å². The van der Waals surface area contributed by atoms with Gasteiger partial charge in [-0.3, -0.25) is 4.79 Å².